The van der Waals surface area contributed by atoms with Gasteiger partial charge in [0.25, 0.3) is 0 Å². The van der Waals surface area contributed by atoms with Gasteiger partial charge in [0.2, 0.25) is 0 Å². The van der Waals surface area contributed by atoms with Crippen molar-refractivity contribution in [2.24, 2.45) is 0 Å². The second-order valence-corrected chi connectivity index (χ2v) is 4.38. The summed E-state index contributed by atoms with van der Waals surface area (Å²) in [7, 11) is 0. The molecular weight excluding hydrogens is 224 g/mol. The lowest BCUT2D eigenvalue weighted by Gasteiger charge is -2.11. The van der Waals surface area contributed by atoms with Gasteiger partial charge in [0, 0.05) is 0 Å². The van der Waals surface area contributed by atoms with E-state index in [-0.39, 0.29) is 11.0 Å². The Morgan fingerprint density at radius 1 is 1.50 bits per heavy atom. The van der Waals surface area contributed by atoms with E-state index in [1.54, 1.807) is 6.07 Å². The van der Waals surface area contributed by atoms with Crippen LogP contribution in [0.15, 0.2) is 23.1 Å². The second-order valence-electron chi connectivity index (χ2n) is 3.01. The minimum absolute atomic E-state index is 0.0259. The van der Waals surface area contributed by atoms with Crippen molar-refractivity contribution in [3.8, 4) is 5.75 Å². The lowest BCUT2D eigenvalue weighted by molar-refractivity contribution is 0.242. The third kappa shape index (κ3) is 2.97. The highest BCUT2D eigenvalue weighted by Gasteiger charge is 2.07. The van der Waals surface area contributed by atoms with Crippen LogP contribution >= 0.6 is 11.6 Å². The van der Waals surface area contributed by atoms with Gasteiger partial charge in [-0.3, -0.25) is 0 Å². The van der Waals surface area contributed by atoms with Gasteiger partial charge in [-0.1, -0.05) is 11.6 Å². The van der Waals surface area contributed by atoms with Crippen molar-refractivity contribution in [3.63, 3.8) is 0 Å². The molecule has 1 atom stereocenters. The van der Waals surface area contributed by atoms with Crippen molar-refractivity contribution < 1.29 is 13.5 Å². The molecule has 0 aliphatic carbocycles. The Balaban J connectivity index is 2.95. The molecule has 0 amide bonds. The van der Waals surface area contributed by atoms with Crippen molar-refractivity contribution in [2.45, 2.75) is 24.8 Å². The van der Waals surface area contributed by atoms with Gasteiger partial charge in [0.15, 0.2) is 11.1 Å². The zero-order chi connectivity index (χ0) is 10.7. The van der Waals surface area contributed by atoms with Crippen molar-refractivity contribution >= 4 is 22.7 Å². The summed E-state index contributed by atoms with van der Waals surface area (Å²) >= 11 is 3.85. The third-order valence-corrected chi connectivity index (χ3v) is 2.42. The van der Waals surface area contributed by atoms with Crippen molar-refractivity contribution in [3.05, 3.63) is 23.2 Å². The molecule has 3 nitrogen and oxygen atoms in total. The van der Waals surface area contributed by atoms with Crippen LogP contribution in [0.2, 0.25) is 5.02 Å². The smallest absolute Gasteiger partial charge is 0.186 e. The Hall–Kier alpha value is -0.580. The van der Waals surface area contributed by atoms with Crippen LogP contribution in [0.1, 0.15) is 13.8 Å². The molecule has 78 valence electrons. The van der Waals surface area contributed by atoms with E-state index >= 15 is 0 Å². The second kappa shape index (κ2) is 4.77. The average Bonchev–Trinajstić information content (AvgIpc) is 2.07. The number of ether oxygens (including phenoxy) is 1. The number of benzene rings is 1. The molecule has 1 aromatic rings. The average molecular weight is 235 g/mol. The molecule has 0 saturated carbocycles. The molecule has 0 spiro atoms. The summed E-state index contributed by atoms with van der Waals surface area (Å²) in [6, 6.07) is 4.53. The maximum absolute atomic E-state index is 10.7. The van der Waals surface area contributed by atoms with Gasteiger partial charge in [-0.2, -0.15) is 0 Å². The molecule has 0 aromatic heterocycles. The van der Waals surface area contributed by atoms with Gasteiger partial charge >= 0.3 is 0 Å². The zero-order valence-electron chi connectivity index (χ0n) is 7.86. The number of hydrogen-bond acceptors (Lipinski definition) is 2. The first-order valence-corrected chi connectivity index (χ1v) is 5.56. The van der Waals surface area contributed by atoms with E-state index in [2.05, 4.69) is 0 Å². The topological polar surface area (TPSA) is 46.5 Å². The molecule has 0 saturated heterocycles. The first-order chi connectivity index (χ1) is 6.50. The number of halogens is 1. The fraction of sp³-hybridized carbons (Fsp3) is 0.333. The molecule has 0 bridgehead atoms. The van der Waals surface area contributed by atoms with E-state index in [0.717, 1.165) is 0 Å². The highest BCUT2D eigenvalue weighted by atomic mass is 35.5. The summed E-state index contributed by atoms with van der Waals surface area (Å²) in [5.74, 6) is 0.524. The molecule has 0 fully saturated rings. The van der Waals surface area contributed by atoms with Crippen LogP contribution in [0, 0.1) is 0 Å². The summed E-state index contributed by atoms with van der Waals surface area (Å²) in [6.07, 6.45) is 0.0259. The Morgan fingerprint density at radius 2 is 2.14 bits per heavy atom. The summed E-state index contributed by atoms with van der Waals surface area (Å²) < 4.78 is 24.9. The van der Waals surface area contributed by atoms with E-state index in [0.29, 0.717) is 10.8 Å². The lowest BCUT2D eigenvalue weighted by Crippen LogP contribution is -2.06. The van der Waals surface area contributed by atoms with Crippen molar-refractivity contribution in [1.82, 2.24) is 0 Å². The maximum Gasteiger partial charge on any atom is 0.186 e. The molecule has 5 heteroatoms. The molecule has 1 unspecified atom stereocenters. The molecule has 0 aliphatic rings. The summed E-state index contributed by atoms with van der Waals surface area (Å²) in [4.78, 5) is 0.270. The van der Waals surface area contributed by atoms with E-state index in [9.17, 15) is 4.21 Å². The van der Waals surface area contributed by atoms with E-state index in [4.69, 9.17) is 20.9 Å². The van der Waals surface area contributed by atoms with Gasteiger partial charge < -0.3 is 9.29 Å². The number of rotatable bonds is 3. The van der Waals surface area contributed by atoms with Crippen LogP contribution in [-0.4, -0.2) is 14.9 Å². The van der Waals surface area contributed by atoms with E-state index < -0.39 is 11.1 Å². The number of hydrogen-bond donors (Lipinski definition) is 1. The first kappa shape index (κ1) is 11.5. The Kier molecular flexibility index (Phi) is 3.92. The first-order valence-electron chi connectivity index (χ1n) is 4.07. The predicted molar refractivity (Wildman–Crippen MR) is 56.3 cm³/mol. The van der Waals surface area contributed by atoms with Crippen molar-refractivity contribution in [1.29, 1.82) is 0 Å². The standard InChI is InChI=1S/C9H11ClO3S/c1-6(2)13-9-4-3-7(14(11)12)5-8(9)10/h3-6H,1-2H3,(H,11,12). The molecule has 1 rings (SSSR count). The molecule has 1 N–H and O–H groups in total. The molecular formula is C9H11ClO3S. The highest BCUT2D eigenvalue weighted by molar-refractivity contribution is 7.79. The maximum atomic E-state index is 10.7. The zero-order valence-corrected chi connectivity index (χ0v) is 9.43. The fourth-order valence-corrected chi connectivity index (χ4v) is 1.63. The van der Waals surface area contributed by atoms with E-state index in [1.165, 1.54) is 12.1 Å². The molecule has 1 aromatic carbocycles. The molecule has 0 radical (unpaired) electrons. The monoisotopic (exact) mass is 234 g/mol. The van der Waals surface area contributed by atoms with Gasteiger partial charge in [0.05, 0.1) is 16.0 Å². The lowest BCUT2D eigenvalue weighted by atomic mass is 10.3. The van der Waals surface area contributed by atoms with Crippen LogP contribution in [-0.2, 0) is 11.1 Å². The minimum Gasteiger partial charge on any atom is -0.489 e. The van der Waals surface area contributed by atoms with Crippen LogP contribution in [0.3, 0.4) is 0 Å². The third-order valence-electron chi connectivity index (χ3n) is 1.47. The summed E-state index contributed by atoms with van der Waals surface area (Å²) in [5, 5.41) is 0.346. The summed E-state index contributed by atoms with van der Waals surface area (Å²) in [6.45, 7) is 3.77. The van der Waals surface area contributed by atoms with Crippen LogP contribution in [0.4, 0.5) is 0 Å². The van der Waals surface area contributed by atoms with Crippen molar-refractivity contribution in [2.75, 3.05) is 0 Å². The van der Waals surface area contributed by atoms with Gasteiger partial charge in [-0.15, -0.1) is 0 Å². The Bertz CT molecular complexity index is 352. The molecule has 0 heterocycles. The van der Waals surface area contributed by atoms with Gasteiger partial charge in [0.1, 0.15) is 5.75 Å². The van der Waals surface area contributed by atoms with Gasteiger partial charge in [-0.25, -0.2) is 4.21 Å². The molecule has 0 aliphatic heterocycles. The highest BCUT2D eigenvalue weighted by Crippen LogP contribution is 2.27. The molecule has 14 heavy (non-hydrogen) atoms. The van der Waals surface area contributed by atoms with Gasteiger partial charge in [-0.05, 0) is 32.0 Å². The normalized spacial score (nSPS) is 12.9. The Labute approximate surface area is 90.3 Å². The quantitative estimate of drug-likeness (QED) is 0.818. The summed E-state index contributed by atoms with van der Waals surface area (Å²) in [5.41, 5.74) is 0. The van der Waals surface area contributed by atoms with Crippen LogP contribution < -0.4 is 4.74 Å². The largest absolute Gasteiger partial charge is 0.489 e. The SMILES string of the molecule is CC(C)Oc1ccc(S(=O)O)cc1Cl. The Morgan fingerprint density at radius 3 is 2.57 bits per heavy atom. The van der Waals surface area contributed by atoms with Crippen LogP contribution in [0.25, 0.3) is 0 Å². The van der Waals surface area contributed by atoms with E-state index in [1.807, 2.05) is 13.8 Å². The predicted octanol–water partition coefficient (Wildman–Crippen LogP) is 2.71. The minimum atomic E-state index is -2.00. The fourth-order valence-electron chi connectivity index (χ4n) is 0.940. The van der Waals surface area contributed by atoms with Crippen LogP contribution in [0.5, 0.6) is 5.75 Å².